The van der Waals surface area contributed by atoms with Gasteiger partial charge >= 0.3 is 0 Å². The lowest BCUT2D eigenvalue weighted by atomic mass is 9.89. The molecule has 0 aromatic rings. The Kier molecular flexibility index (Phi) is 5.64. The minimum Gasteiger partial charge on any atom is -0.352 e. The van der Waals surface area contributed by atoms with E-state index in [1.54, 1.807) is 0 Å². The third kappa shape index (κ3) is 4.46. The molecule has 2 fully saturated rings. The van der Waals surface area contributed by atoms with Gasteiger partial charge in [0.25, 0.3) is 0 Å². The van der Waals surface area contributed by atoms with Crippen molar-refractivity contribution in [2.45, 2.75) is 76.4 Å². The average molecular weight is 267 g/mol. The number of nitrogens with two attached hydrogens (primary N) is 1. The molecule has 0 radical (unpaired) electrons. The van der Waals surface area contributed by atoms with E-state index in [1.807, 2.05) is 0 Å². The molecular weight excluding hydrogens is 238 g/mol. The van der Waals surface area contributed by atoms with Crippen LogP contribution >= 0.6 is 0 Å². The van der Waals surface area contributed by atoms with Gasteiger partial charge < -0.3 is 16.4 Å². The normalized spacial score (nSPS) is 31.2. The maximum atomic E-state index is 12.1. The molecule has 2 saturated heterocycles. The molecule has 2 aliphatic heterocycles. The summed E-state index contributed by atoms with van der Waals surface area (Å²) in [5.41, 5.74) is 5.72. The van der Waals surface area contributed by atoms with Gasteiger partial charge in [-0.2, -0.15) is 0 Å². The number of piperidine rings is 1. The molecule has 2 aliphatic rings. The number of carbonyl (C=O) groups is 1. The molecule has 2 rings (SSSR count). The molecule has 0 aromatic carbocycles. The van der Waals surface area contributed by atoms with Gasteiger partial charge in [0.1, 0.15) is 0 Å². The first-order valence-corrected chi connectivity index (χ1v) is 7.96. The van der Waals surface area contributed by atoms with Gasteiger partial charge in [0.05, 0.1) is 0 Å². The zero-order chi connectivity index (χ0) is 13.7. The van der Waals surface area contributed by atoms with E-state index in [2.05, 4.69) is 17.6 Å². The molecule has 110 valence electrons. The fourth-order valence-electron chi connectivity index (χ4n) is 3.59. The van der Waals surface area contributed by atoms with Gasteiger partial charge in [0.2, 0.25) is 5.91 Å². The van der Waals surface area contributed by atoms with Crippen molar-refractivity contribution in [1.29, 1.82) is 0 Å². The molecule has 2 heterocycles. The molecule has 2 bridgehead atoms. The monoisotopic (exact) mass is 267 g/mol. The summed E-state index contributed by atoms with van der Waals surface area (Å²) in [5, 5.41) is 6.74. The first-order valence-electron chi connectivity index (χ1n) is 7.96. The number of nitrogens with one attached hydrogen (secondary N) is 2. The number of rotatable bonds is 7. The SMILES string of the molecule is CCCCC(CN)NC(=O)CC1CC2CCC(C1)N2. The van der Waals surface area contributed by atoms with E-state index in [9.17, 15) is 4.79 Å². The second-order valence-corrected chi connectivity index (χ2v) is 6.32. The summed E-state index contributed by atoms with van der Waals surface area (Å²) in [6, 6.07) is 1.51. The van der Waals surface area contributed by atoms with E-state index >= 15 is 0 Å². The zero-order valence-electron chi connectivity index (χ0n) is 12.2. The van der Waals surface area contributed by atoms with Crippen molar-refractivity contribution >= 4 is 5.91 Å². The van der Waals surface area contributed by atoms with Crippen LogP contribution in [0.2, 0.25) is 0 Å². The summed E-state index contributed by atoms with van der Waals surface area (Å²) >= 11 is 0. The number of hydrogen-bond acceptors (Lipinski definition) is 3. The molecule has 0 aromatic heterocycles. The maximum absolute atomic E-state index is 12.1. The summed E-state index contributed by atoms with van der Waals surface area (Å²) in [5.74, 6) is 0.779. The maximum Gasteiger partial charge on any atom is 0.220 e. The quantitative estimate of drug-likeness (QED) is 0.655. The van der Waals surface area contributed by atoms with E-state index in [-0.39, 0.29) is 11.9 Å². The van der Waals surface area contributed by atoms with Gasteiger partial charge in [-0.05, 0) is 38.0 Å². The van der Waals surface area contributed by atoms with Crippen LogP contribution in [0.5, 0.6) is 0 Å². The van der Waals surface area contributed by atoms with Crippen LogP contribution in [0.1, 0.15) is 58.3 Å². The van der Waals surface area contributed by atoms with Crippen LogP contribution in [0, 0.1) is 5.92 Å². The van der Waals surface area contributed by atoms with Crippen molar-refractivity contribution in [1.82, 2.24) is 10.6 Å². The lowest BCUT2D eigenvalue weighted by Crippen LogP contribution is -2.43. The molecule has 19 heavy (non-hydrogen) atoms. The Morgan fingerprint density at radius 2 is 2.05 bits per heavy atom. The van der Waals surface area contributed by atoms with Crippen molar-refractivity contribution < 1.29 is 4.79 Å². The van der Waals surface area contributed by atoms with Crippen LogP contribution in [0.15, 0.2) is 0 Å². The lowest BCUT2D eigenvalue weighted by Gasteiger charge is -2.29. The van der Waals surface area contributed by atoms with Crippen molar-refractivity contribution in [3.8, 4) is 0 Å². The van der Waals surface area contributed by atoms with E-state index in [4.69, 9.17) is 5.73 Å². The topological polar surface area (TPSA) is 67.1 Å². The van der Waals surface area contributed by atoms with Crippen molar-refractivity contribution in [3.63, 3.8) is 0 Å². The van der Waals surface area contributed by atoms with E-state index in [0.29, 0.717) is 31.0 Å². The molecule has 0 saturated carbocycles. The fourth-order valence-corrected chi connectivity index (χ4v) is 3.59. The highest BCUT2D eigenvalue weighted by molar-refractivity contribution is 5.76. The Morgan fingerprint density at radius 3 is 2.63 bits per heavy atom. The molecule has 0 aliphatic carbocycles. The van der Waals surface area contributed by atoms with Gasteiger partial charge in [-0.25, -0.2) is 0 Å². The van der Waals surface area contributed by atoms with Crippen LogP contribution < -0.4 is 16.4 Å². The Labute approximate surface area is 116 Å². The third-order valence-electron chi connectivity index (χ3n) is 4.60. The number of unbranched alkanes of at least 4 members (excludes halogenated alkanes) is 1. The highest BCUT2D eigenvalue weighted by Gasteiger charge is 2.34. The van der Waals surface area contributed by atoms with Crippen LogP contribution in [-0.2, 0) is 4.79 Å². The second-order valence-electron chi connectivity index (χ2n) is 6.32. The number of amides is 1. The van der Waals surface area contributed by atoms with Crippen molar-refractivity contribution in [3.05, 3.63) is 0 Å². The van der Waals surface area contributed by atoms with Gasteiger partial charge in [-0.3, -0.25) is 4.79 Å². The molecule has 4 N–H and O–H groups in total. The summed E-state index contributed by atoms with van der Waals surface area (Å²) < 4.78 is 0. The standard InChI is InChI=1S/C15H29N3O/c1-2-3-4-14(10-16)18-15(19)9-11-7-12-5-6-13(8-11)17-12/h11-14,17H,2-10,16H2,1H3,(H,18,19). The van der Waals surface area contributed by atoms with Crippen LogP contribution in [-0.4, -0.2) is 30.6 Å². The lowest BCUT2D eigenvalue weighted by molar-refractivity contribution is -0.123. The second kappa shape index (κ2) is 7.25. The van der Waals surface area contributed by atoms with E-state index in [0.717, 1.165) is 19.3 Å². The predicted molar refractivity (Wildman–Crippen MR) is 77.8 cm³/mol. The fraction of sp³-hybridized carbons (Fsp3) is 0.933. The first kappa shape index (κ1) is 14.8. The summed E-state index contributed by atoms with van der Waals surface area (Å²) in [6.07, 6.45) is 8.94. The Bertz CT molecular complexity index is 283. The number of carbonyl (C=O) groups excluding carboxylic acids is 1. The Morgan fingerprint density at radius 1 is 1.37 bits per heavy atom. The molecule has 3 atom stereocenters. The van der Waals surface area contributed by atoms with Gasteiger partial charge in [-0.15, -0.1) is 0 Å². The minimum atomic E-state index is 0.172. The number of hydrogen-bond donors (Lipinski definition) is 3. The van der Waals surface area contributed by atoms with Crippen LogP contribution in [0.4, 0.5) is 0 Å². The smallest absolute Gasteiger partial charge is 0.220 e. The molecule has 0 spiro atoms. The highest BCUT2D eigenvalue weighted by atomic mass is 16.1. The highest BCUT2D eigenvalue weighted by Crippen LogP contribution is 2.32. The summed E-state index contributed by atoms with van der Waals surface area (Å²) in [4.78, 5) is 12.1. The van der Waals surface area contributed by atoms with Gasteiger partial charge in [-0.1, -0.05) is 19.8 Å². The third-order valence-corrected chi connectivity index (χ3v) is 4.60. The Hall–Kier alpha value is -0.610. The molecule has 4 heteroatoms. The van der Waals surface area contributed by atoms with E-state index in [1.165, 1.54) is 25.7 Å². The molecular formula is C15H29N3O. The largest absolute Gasteiger partial charge is 0.352 e. The Balaban J connectivity index is 1.71. The average Bonchev–Trinajstić information content (AvgIpc) is 2.73. The molecule has 3 unspecified atom stereocenters. The van der Waals surface area contributed by atoms with Crippen molar-refractivity contribution in [2.24, 2.45) is 11.7 Å². The summed E-state index contributed by atoms with van der Waals surface area (Å²) in [7, 11) is 0. The summed E-state index contributed by atoms with van der Waals surface area (Å²) in [6.45, 7) is 2.73. The predicted octanol–water partition coefficient (Wildman–Crippen LogP) is 1.54. The molecule has 4 nitrogen and oxygen atoms in total. The van der Waals surface area contributed by atoms with Gasteiger partial charge in [0.15, 0.2) is 0 Å². The van der Waals surface area contributed by atoms with E-state index < -0.39 is 0 Å². The van der Waals surface area contributed by atoms with Crippen LogP contribution in [0.3, 0.4) is 0 Å². The number of fused-ring (bicyclic) bond motifs is 2. The zero-order valence-corrected chi connectivity index (χ0v) is 12.2. The molecule has 1 amide bonds. The van der Waals surface area contributed by atoms with Crippen LogP contribution in [0.25, 0.3) is 0 Å². The van der Waals surface area contributed by atoms with Gasteiger partial charge in [0, 0.05) is 31.1 Å². The minimum absolute atomic E-state index is 0.172. The first-order chi connectivity index (χ1) is 9.21. The van der Waals surface area contributed by atoms with Crippen molar-refractivity contribution in [2.75, 3.05) is 6.54 Å².